The Bertz CT molecular complexity index is 325. The second-order valence-electron chi connectivity index (χ2n) is 4.24. The van der Waals surface area contributed by atoms with Crippen molar-refractivity contribution in [1.29, 1.82) is 0 Å². The van der Waals surface area contributed by atoms with Crippen molar-refractivity contribution in [3.05, 3.63) is 33.1 Å². The fourth-order valence-corrected chi connectivity index (χ4v) is 1.98. The van der Waals surface area contributed by atoms with E-state index in [0.29, 0.717) is 11.5 Å². The lowest BCUT2D eigenvalue weighted by molar-refractivity contribution is 0.491. The summed E-state index contributed by atoms with van der Waals surface area (Å²) in [5.74, 6) is 0.425. The van der Waals surface area contributed by atoms with Gasteiger partial charge in [0.25, 0.3) is 0 Å². The van der Waals surface area contributed by atoms with Gasteiger partial charge < -0.3 is 5.73 Å². The fourth-order valence-electron chi connectivity index (χ4n) is 1.47. The standard InChI is InChI=1S/C12H17FIN/c1-8(2)3-6-12(15)10-7-9(14)4-5-11(10)13/h4-5,7-8,12H,3,6,15H2,1-2H3/t12-/m1/s1. The van der Waals surface area contributed by atoms with Crippen LogP contribution in [0.2, 0.25) is 0 Å². The van der Waals surface area contributed by atoms with E-state index in [1.807, 2.05) is 6.07 Å². The van der Waals surface area contributed by atoms with Crippen molar-refractivity contribution in [1.82, 2.24) is 0 Å². The van der Waals surface area contributed by atoms with Crippen molar-refractivity contribution in [3.8, 4) is 0 Å². The van der Waals surface area contributed by atoms with Gasteiger partial charge in [-0.2, -0.15) is 0 Å². The number of rotatable bonds is 4. The monoisotopic (exact) mass is 321 g/mol. The fraction of sp³-hybridized carbons (Fsp3) is 0.500. The largest absolute Gasteiger partial charge is 0.324 e. The van der Waals surface area contributed by atoms with Crippen LogP contribution in [0.1, 0.15) is 38.3 Å². The molecule has 0 heterocycles. The zero-order valence-corrected chi connectivity index (χ0v) is 11.3. The third kappa shape index (κ3) is 4.07. The van der Waals surface area contributed by atoms with Crippen LogP contribution in [-0.4, -0.2) is 0 Å². The van der Waals surface area contributed by atoms with Gasteiger partial charge in [0, 0.05) is 15.2 Å². The lowest BCUT2D eigenvalue weighted by atomic mass is 9.98. The molecule has 15 heavy (non-hydrogen) atoms. The molecule has 0 aliphatic carbocycles. The summed E-state index contributed by atoms with van der Waals surface area (Å²) in [4.78, 5) is 0. The molecule has 0 aliphatic rings. The number of hydrogen-bond donors (Lipinski definition) is 1. The van der Waals surface area contributed by atoms with Gasteiger partial charge in [-0.25, -0.2) is 4.39 Å². The van der Waals surface area contributed by atoms with E-state index in [0.717, 1.165) is 16.4 Å². The van der Waals surface area contributed by atoms with Gasteiger partial charge in [-0.1, -0.05) is 13.8 Å². The molecule has 0 amide bonds. The van der Waals surface area contributed by atoms with E-state index in [-0.39, 0.29) is 11.9 Å². The normalized spacial score (nSPS) is 13.2. The summed E-state index contributed by atoms with van der Waals surface area (Å²) in [5, 5.41) is 0. The first-order valence-electron chi connectivity index (χ1n) is 5.21. The summed E-state index contributed by atoms with van der Waals surface area (Å²) in [6.45, 7) is 4.30. The van der Waals surface area contributed by atoms with Gasteiger partial charge in [0.2, 0.25) is 0 Å². The maximum atomic E-state index is 13.5. The topological polar surface area (TPSA) is 26.0 Å². The quantitative estimate of drug-likeness (QED) is 0.837. The molecule has 0 saturated heterocycles. The minimum Gasteiger partial charge on any atom is -0.324 e. The van der Waals surface area contributed by atoms with Crippen molar-refractivity contribution < 1.29 is 4.39 Å². The predicted octanol–water partition coefficient (Wildman–Crippen LogP) is 3.87. The minimum atomic E-state index is -0.188. The second kappa shape index (κ2) is 5.80. The van der Waals surface area contributed by atoms with E-state index in [4.69, 9.17) is 5.73 Å². The highest BCUT2D eigenvalue weighted by Gasteiger charge is 2.12. The van der Waals surface area contributed by atoms with Crippen molar-refractivity contribution in [2.24, 2.45) is 11.7 Å². The second-order valence-corrected chi connectivity index (χ2v) is 5.49. The Balaban J connectivity index is 2.72. The van der Waals surface area contributed by atoms with E-state index >= 15 is 0 Å². The van der Waals surface area contributed by atoms with Gasteiger partial charge in [0.05, 0.1) is 0 Å². The van der Waals surface area contributed by atoms with Gasteiger partial charge in [-0.3, -0.25) is 0 Å². The number of benzene rings is 1. The molecular formula is C12H17FIN. The van der Waals surface area contributed by atoms with E-state index in [1.165, 1.54) is 6.07 Å². The predicted molar refractivity (Wildman–Crippen MR) is 70.1 cm³/mol. The Kier molecular flexibility index (Phi) is 4.99. The van der Waals surface area contributed by atoms with Crippen molar-refractivity contribution >= 4 is 22.6 Å². The zero-order chi connectivity index (χ0) is 11.4. The van der Waals surface area contributed by atoms with Gasteiger partial charge in [-0.05, 0) is 59.5 Å². The molecule has 1 aromatic rings. The Hall–Kier alpha value is -0.160. The van der Waals surface area contributed by atoms with Crippen molar-refractivity contribution in [2.45, 2.75) is 32.7 Å². The van der Waals surface area contributed by atoms with Gasteiger partial charge in [0.15, 0.2) is 0 Å². The van der Waals surface area contributed by atoms with Crippen LogP contribution < -0.4 is 5.73 Å². The Labute approximate surface area is 104 Å². The molecule has 0 unspecified atom stereocenters. The van der Waals surface area contributed by atoms with Crippen LogP contribution in [0.15, 0.2) is 18.2 Å². The van der Waals surface area contributed by atoms with E-state index in [9.17, 15) is 4.39 Å². The van der Waals surface area contributed by atoms with E-state index in [2.05, 4.69) is 36.4 Å². The highest BCUT2D eigenvalue weighted by Crippen LogP contribution is 2.23. The van der Waals surface area contributed by atoms with Gasteiger partial charge in [0.1, 0.15) is 5.82 Å². The molecule has 1 aromatic carbocycles. The first kappa shape index (κ1) is 12.9. The summed E-state index contributed by atoms with van der Waals surface area (Å²) in [5.41, 5.74) is 6.61. The molecule has 0 fully saturated rings. The van der Waals surface area contributed by atoms with Gasteiger partial charge in [-0.15, -0.1) is 0 Å². The summed E-state index contributed by atoms with van der Waals surface area (Å²) in [6.07, 6.45) is 1.88. The highest BCUT2D eigenvalue weighted by molar-refractivity contribution is 14.1. The van der Waals surface area contributed by atoms with Crippen LogP contribution in [0.4, 0.5) is 4.39 Å². The molecule has 84 valence electrons. The zero-order valence-electron chi connectivity index (χ0n) is 9.13. The summed E-state index contributed by atoms with van der Waals surface area (Å²) < 4.78 is 14.5. The highest BCUT2D eigenvalue weighted by atomic mass is 127. The molecule has 0 saturated carbocycles. The van der Waals surface area contributed by atoms with Gasteiger partial charge >= 0.3 is 0 Å². The molecule has 0 aliphatic heterocycles. The number of nitrogens with two attached hydrogens (primary N) is 1. The molecular weight excluding hydrogens is 304 g/mol. The van der Waals surface area contributed by atoms with Crippen LogP contribution in [0.3, 0.4) is 0 Å². The maximum Gasteiger partial charge on any atom is 0.128 e. The maximum absolute atomic E-state index is 13.5. The number of hydrogen-bond acceptors (Lipinski definition) is 1. The summed E-state index contributed by atoms with van der Waals surface area (Å²) in [7, 11) is 0. The molecule has 3 heteroatoms. The average molecular weight is 321 g/mol. The van der Waals surface area contributed by atoms with Crippen LogP contribution >= 0.6 is 22.6 Å². The molecule has 0 bridgehead atoms. The minimum absolute atomic E-state index is 0.179. The lowest BCUT2D eigenvalue weighted by Gasteiger charge is -2.14. The number of halogens is 2. The lowest BCUT2D eigenvalue weighted by Crippen LogP contribution is -2.13. The molecule has 1 atom stereocenters. The first-order chi connectivity index (χ1) is 7.00. The van der Waals surface area contributed by atoms with Crippen molar-refractivity contribution in [3.63, 3.8) is 0 Å². The van der Waals surface area contributed by atoms with E-state index < -0.39 is 0 Å². The smallest absolute Gasteiger partial charge is 0.128 e. The summed E-state index contributed by atoms with van der Waals surface area (Å²) >= 11 is 2.18. The van der Waals surface area contributed by atoms with Crippen molar-refractivity contribution in [2.75, 3.05) is 0 Å². The van der Waals surface area contributed by atoms with Crippen LogP contribution in [0, 0.1) is 15.3 Å². The molecule has 1 nitrogen and oxygen atoms in total. The molecule has 2 N–H and O–H groups in total. The molecule has 0 spiro atoms. The third-order valence-electron chi connectivity index (χ3n) is 2.41. The van der Waals surface area contributed by atoms with E-state index in [1.54, 1.807) is 6.07 Å². The first-order valence-corrected chi connectivity index (χ1v) is 6.29. The molecule has 1 rings (SSSR count). The van der Waals surface area contributed by atoms with Crippen LogP contribution in [0.25, 0.3) is 0 Å². The average Bonchev–Trinajstić information content (AvgIpc) is 2.18. The van der Waals surface area contributed by atoms with Crippen LogP contribution in [0.5, 0.6) is 0 Å². The molecule has 0 aromatic heterocycles. The SMILES string of the molecule is CC(C)CC[C@@H](N)c1cc(I)ccc1F. The Morgan fingerprint density at radius 3 is 2.60 bits per heavy atom. The van der Waals surface area contributed by atoms with Crippen LogP contribution in [-0.2, 0) is 0 Å². The third-order valence-corrected chi connectivity index (χ3v) is 3.08. The summed E-state index contributed by atoms with van der Waals surface area (Å²) in [6, 6.07) is 4.91. The molecule has 0 radical (unpaired) electrons. The Morgan fingerprint density at radius 1 is 1.33 bits per heavy atom. The Morgan fingerprint density at radius 2 is 2.00 bits per heavy atom.